The van der Waals surface area contributed by atoms with Crippen molar-refractivity contribution in [1.29, 1.82) is 0 Å². The largest absolute Gasteiger partial charge is 0.332 e. The van der Waals surface area contributed by atoms with Crippen LogP contribution in [0.4, 0.5) is 0 Å². The SMILES string of the molecule is CCC(C)n1cncc1C(C)C(C)C. The fraction of sp³-hybridized carbons (Fsp3) is 0.750. The molecule has 0 aliphatic heterocycles. The summed E-state index contributed by atoms with van der Waals surface area (Å²) in [6, 6.07) is 0.564. The molecule has 14 heavy (non-hydrogen) atoms. The van der Waals surface area contributed by atoms with E-state index in [9.17, 15) is 0 Å². The maximum Gasteiger partial charge on any atom is 0.0950 e. The van der Waals surface area contributed by atoms with Crippen LogP contribution in [-0.2, 0) is 0 Å². The zero-order valence-corrected chi connectivity index (χ0v) is 9.99. The second-order valence-corrected chi connectivity index (χ2v) is 4.52. The van der Waals surface area contributed by atoms with Crippen molar-refractivity contribution < 1.29 is 0 Å². The third kappa shape index (κ3) is 2.17. The van der Waals surface area contributed by atoms with Gasteiger partial charge in [-0.2, -0.15) is 0 Å². The average Bonchev–Trinajstić information content (AvgIpc) is 2.63. The summed E-state index contributed by atoms with van der Waals surface area (Å²) in [6.07, 6.45) is 5.13. The van der Waals surface area contributed by atoms with E-state index in [1.54, 1.807) is 0 Å². The predicted octanol–water partition coefficient (Wildman–Crippen LogP) is 3.61. The molecule has 0 saturated heterocycles. The topological polar surface area (TPSA) is 17.8 Å². The summed E-state index contributed by atoms with van der Waals surface area (Å²) in [7, 11) is 0. The predicted molar refractivity (Wildman–Crippen MR) is 60.5 cm³/mol. The quantitative estimate of drug-likeness (QED) is 0.716. The standard InChI is InChI=1S/C12H22N2/c1-6-10(4)14-8-13-7-12(14)11(5)9(2)3/h7-11H,6H2,1-5H3. The van der Waals surface area contributed by atoms with Gasteiger partial charge in [0.05, 0.1) is 6.33 Å². The highest BCUT2D eigenvalue weighted by molar-refractivity contribution is 5.07. The van der Waals surface area contributed by atoms with E-state index >= 15 is 0 Å². The molecule has 2 atom stereocenters. The minimum atomic E-state index is 0.564. The Labute approximate surface area is 87.4 Å². The molecule has 0 amide bonds. The third-order valence-electron chi connectivity index (χ3n) is 3.23. The van der Waals surface area contributed by atoms with Gasteiger partial charge in [0.1, 0.15) is 0 Å². The molecule has 2 unspecified atom stereocenters. The zero-order valence-electron chi connectivity index (χ0n) is 9.99. The van der Waals surface area contributed by atoms with E-state index in [2.05, 4.69) is 44.2 Å². The van der Waals surface area contributed by atoms with E-state index in [4.69, 9.17) is 0 Å². The zero-order chi connectivity index (χ0) is 10.7. The summed E-state index contributed by atoms with van der Waals surface area (Å²) in [6.45, 7) is 11.3. The normalized spacial score (nSPS) is 15.9. The fourth-order valence-corrected chi connectivity index (χ4v) is 1.57. The van der Waals surface area contributed by atoms with Crippen LogP contribution in [0.3, 0.4) is 0 Å². The Balaban J connectivity index is 2.92. The van der Waals surface area contributed by atoms with Gasteiger partial charge in [0.15, 0.2) is 0 Å². The molecule has 0 aliphatic rings. The van der Waals surface area contributed by atoms with Crippen LogP contribution < -0.4 is 0 Å². The maximum absolute atomic E-state index is 4.26. The smallest absolute Gasteiger partial charge is 0.0950 e. The van der Waals surface area contributed by atoms with Crippen molar-refractivity contribution >= 4 is 0 Å². The van der Waals surface area contributed by atoms with Gasteiger partial charge < -0.3 is 4.57 Å². The maximum atomic E-state index is 4.26. The van der Waals surface area contributed by atoms with Crippen molar-refractivity contribution in [1.82, 2.24) is 9.55 Å². The Hall–Kier alpha value is -0.790. The van der Waals surface area contributed by atoms with Crippen LogP contribution >= 0.6 is 0 Å². The van der Waals surface area contributed by atoms with Crippen molar-refractivity contribution in [3.05, 3.63) is 18.2 Å². The van der Waals surface area contributed by atoms with Crippen LogP contribution in [0.25, 0.3) is 0 Å². The van der Waals surface area contributed by atoms with Crippen LogP contribution in [0.2, 0.25) is 0 Å². The van der Waals surface area contributed by atoms with Crippen LogP contribution in [0.5, 0.6) is 0 Å². The molecule has 0 saturated carbocycles. The molecule has 0 radical (unpaired) electrons. The van der Waals surface area contributed by atoms with Crippen LogP contribution in [-0.4, -0.2) is 9.55 Å². The summed E-state index contributed by atoms with van der Waals surface area (Å²) in [5.41, 5.74) is 1.37. The number of hydrogen-bond acceptors (Lipinski definition) is 1. The van der Waals surface area contributed by atoms with Gasteiger partial charge in [-0.15, -0.1) is 0 Å². The molecule has 1 heterocycles. The first-order chi connectivity index (χ1) is 6.57. The lowest BCUT2D eigenvalue weighted by atomic mass is 9.94. The van der Waals surface area contributed by atoms with Crippen molar-refractivity contribution in [2.75, 3.05) is 0 Å². The Morgan fingerprint density at radius 3 is 2.43 bits per heavy atom. The van der Waals surface area contributed by atoms with Gasteiger partial charge in [-0.25, -0.2) is 4.98 Å². The molecule has 80 valence electrons. The Morgan fingerprint density at radius 2 is 1.93 bits per heavy atom. The highest BCUT2D eigenvalue weighted by Gasteiger charge is 2.16. The summed E-state index contributed by atoms with van der Waals surface area (Å²) in [5, 5.41) is 0. The fourth-order valence-electron chi connectivity index (χ4n) is 1.57. The van der Waals surface area contributed by atoms with Gasteiger partial charge >= 0.3 is 0 Å². The number of nitrogens with zero attached hydrogens (tertiary/aromatic N) is 2. The molecule has 0 bridgehead atoms. The van der Waals surface area contributed by atoms with E-state index in [-0.39, 0.29) is 0 Å². The number of aromatic nitrogens is 2. The highest BCUT2D eigenvalue weighted by Crippen LogP contribution is 2.26. The molecule has 0 spiro atoms. The van der Waals surface area contributed by atoms with Gasteiger partial charge in [-0.05, 0) is 19.3 Å². The highest BCUT2D eigenvalue weighted by atomic mass is 15.1. The van der Waals surface area contributed by atoms with Gasteiger partial charge in [-0.3, -0.25) is 0 Å². The van der Waals surface area contributed by atoms with Gasteiger partial charge in [0.2, 0.25) is 0 Å². The molecular weight excluding hydrogens is 172 g/mol. The van der Waals surface area contributed by atoms with Crippen molar-refractivity contribution in [2.45, 2.75) is 53.0 Å². The minimum Gasteiger partial charge on any atom is -0.332 e. The van der Waals surface area contributed by atoms with Crippen molar-refractivity contribution in [2.24, 2.45) is 5.92 Å². The summed E-state index contributed by atoms with van der Waals surface area (Å²) >= 11 is 0. The van der Waals surface area contributed by atoms with E-state index in [0.717, 1.165) is 6.42 Å². The number of imidazole rings is 1. The van der Waals surface area contributed by atoms with Gasteiger partial charge in [-0.1, -0.05) is 27.7 Å². The lowest BCUT2D eigenvalue weighted by Crippen LogP contribution is -2.12. The first-order valence-corrected chi connectivity index (χ1v) is 5.59. The molecule has 1 rings (SSSR count). The lowest BCUT2D eigenvalue weighted by Gasteiger charge is -2.21. The van der Waals surface area contributed by atoms with Gasteiger partial charge in [0.25, 0.3) is 0 Å². The molecule has 0 fully saturated rings. The van der Waals surface area contributed by atoms with E-state index in [1.165, 1.54) is 5.69 Å². The molecule has 0 aromatic carbocycles. The van der Waals surface area contributed by atoms with E-state index in [1.807, 2.05) is 12.5 Å². The molecule has 1 aromatic rings. The Bertz CT molecular complexity index is 276. The molecule has 2 heteroatoms. The molecule has 0 aliphatic carbocycles. The Kier molecular flexibility index (Phi) is 3.73. The molecule has 1 aromatic heterocycles. The second kappa shape index (κ2) is 4.63. The van der Waals surface area contributed by atoms with Crippen LogP contribution in [0.15, 0.2) is 12.5 Å². The average molecular weight is 194 g/mol. The summed E-state index contributed by atoms with van der Waals surface area (Å²) in [4.78, 5) is 4.26. The van der Waals surface area contributed by atoms with Crippen LogP contribution in [0, 0.1) is 5.92 Å². The Morgan fingerprint density at radius 1 is 1.29 bits per heavy atom. The third-order valence-corrected chi connectivity index (χ3v) is 3.23. The first kappa shape index (κ1) is 11.3. The van der Waals surface area contributed by atoms with Crippen molar-refractivity contribution in [3.8, 4) is 0 Å². The molecule has 0 N–H and O–H groups in total. The number of hydrogen-bond donors (Lipinski definition) is 0. The molecule has 2 nitrogen and oxygen atoms in total. The lowest BCUT2D eigenvalue weighted by molar-refractivity contribution is 0.453. The first-order valence-electron chi connectivity index (χ1n) is 5.59. The number of rotatable bonds is 4. The van der Waals surface area contributed by atoms with E-state index < -0.39 is 0 Å². The molecular formula is C12H22N2. The summed E-state index contributed by atoms with van der Waals surface area (Å²) in [5.74, 6) is 1.26. The minimum absolute atomic E-state index is 0.564. The summed E-state index contributed by atoms with van der Waals surface area (Å²) < 4.78 is 2.31. The van der Waals surface area contributed by atoms with E-state index in [0.29, 0.717) is 17.9 Å². The van der Waals surface area contributed by atoms with Crippen LogP contribution in [0.1, 0.15) is 58.7 Å². The van der Waals surface area contributed by atoms with Crippen molar-refractivity contribution in [3.63, 3.8) is 0 Å². The second-order valence-electron chi connectivity index (χ2n) is 4.52. The monoisotopic (exact) mass is 194 g/mol. The van der Waals surface area contributed by atoms with Gasteiger partial charge in [0, 0.05) is 23.9 Å².